The second kappa shape index (κ2) is 11.3. The fourth-order valence-electron chi connectivity index (χ4n) is 3.16. The number of amides is 1. The van der Waals surface area contributed by atoms with E-state index in [4.69, 9.17) is 15.0 Å². The highest BCUT2D eigenvalue weighted by Crippen LogP contribution is 2.36. The number of ether oxygens (including phenoxy) is 1. The van der Waals surface area contributed by atoms with Crippen molar-refractivity contribution in [1.29, 1.82) is 10.5 Å². The zero-order chi connectivity index (χ0) is 24.7. The lowest BCUT2D eigenvalue weighted by Gasteiger charge is -2.14. The van der Waals surface area contributed by atoms with Gasteiger partial charge in [-0.15, -0.1) is 0 Å². The normalized spacial score (nSPS) is 10.6. The third kappa shape index (κ3) is 5.70. The number of thioether (sulfide) groups is 1. The monoisotopic (exact) mass is 478 g/mol. The van der Waals surface area contributed by atoms with Crippen molar-refractivity contribution in [3.05, 3.63) is 47.2 Å². The molecule has 0 atom stereocenters. The molecule has 0 saturated heterocycles. The summed E-state index contributed by atoms with van der Waals surface area (Å²) < 4.78 is 11.5. The Kier molecular flexibility index (Phi) is 8.19. The minimum Gasteiger partial charge on any atom is -0.383 e. The van der Waals surface area contributed by atoms with Crippen LogP contribution in [-0.2, 0) is 16.1 Å². The van der Waals surface area contributed by atoms with E-state index in [-0.39, 0.29) is 39.5 Å². The van der Waals surface area contributed by atoms with Crippen molar-refractivity contribution in [2.75, 3.05) is 30.5 Å². The molecule has 0 saturated carbocycles. The van der Waals surface area contributed by atoms with Gasteiger partial charge in [0.2, 0.25) is 17.7 Å². The van der Waals surface area contributed by atoms with Crippen molar-refractivity contribution in [3.63, 3.8) is 0 Å². The lowest BCUT2D eigenvalue weighted by atomic mass is 9.94. The van der Waals surface area contributed by atoms with E-state index >= 15 is 0 Å². The van der Waals surface area contributed by atoms with Crippen molar-refractivity contribution in [1.82, 2.24) is 10.3 Å². The predicted octanol–water partition coefficient (Wildman–Crippen LogP) is 2.85. The van der Waals surface area contributed by atoms with E-state index in [0.717, 1.165) is 17.3 Å². The summed E-state index contributed by atoms with van der Waals surface area (Å²) in [6.45, 7) is 5.09. The van der Waals surface area contributed by atoms with Crippen LogP contribution in [0.1, 0.15) is 36.5 Å². The Labute approximate surface area is 201 Å². The Morgan fingerprint density at radius 1 is 1.26 bits per heavy atom. The van der Waals surface area contributed by atoms with Crippen LogP contribution >= 0.6 is 11.8 Å². The molecule has 0 aliphatic carbocycles. The van der Waals surface area contributed by atoms with Crippen LogP contribution in [0.3, 0.4) is 0 Å². The van der Waals surface area contributed by atoms with Gasteiger partial charge in [-0.05, 0) is 21.7 Å². The van der Waals surface area contributed by atoms with Gasteiger partial charge in [-0.2, -0.15) is 10.5 Å². The number of pyridine rings is 1. The molecule has 0 aliphatic rings. The molecular weight excluding hydrogens is 454 g/mol. The summed E-state index contributed by atoms with van der Waals surface area (Å²) in [5.74, 6) is 0.0851. The first-order chi connectivity index (χ1) is 16.4. The highest BCUT2D eigenvalue weighted by molar-refractivity contribution is 8.00. The van der Waals surface area contributed by atoms with Gasteiger partial charge in [0.25, 0.3) is 6.20 Å². The fraction of sp³-hybridized carbons (Fsp3) is 0.304. The topological polar surface area (TPSA) is 155 Å². The number of nitrogens with two attached hydrogens (primary N) is 1. The van der Waals surface area contributed by atoms with Crippen molar-refractivity contribution < 1.29 is 18.7 Å². The van der Waals surface area contributed by atoms with Crippen molar-refractivity contribution in [3.8, 4) is 23.3 Å². The standard InChI is InChI=1S/C23H23N7O3S/c1-14(2)15-4-6-16(7-5-15)21-17(10-24)22(26)28-23(18(21)11-25)34-13-19(31)27-20-12-30(29-33-20)8-9-32-3/h4-7,12,14H,8-9,13H2,1-3H3,(H2-,26,27,28,29,31)/p+1. The van der Waals surface area contributed by atoms with Gasteiger partial charge < -0.3 is 10.5 Å². The Balaban J connectivity index is 1.83. The number of nitriles is 2. The van der Waals surface area contributed by atoms with Gasteiger partial charge in [0.15, 0.2) is 0 Å². The average Bonchev–Trinajstić information content (AvgIpc) is 3.27. The second-order valence-electron chi connectivity index (χ2n) is 7.59. The Bertz CT molecular complexity index is 1260. The summed E-state index contributed by atoms with van der Waals surface area (Å²) in [5.41, 5.74) is 8.59. The van der Waals surface area contributed by atoms with Crippen LogP contribution < -0.4 is 15.7 Å². The summed E-state index contributed by atoms with van der Waals surface area (Å²) in [6, 6.07) is 11.8. The van der Waals surface area contributed by atoms with E-state index < -0.39 is 0 Å². The molecule has 2 heterocycles. The van der Waals surface area contributed by atoms with Gasteiger partial charge in [0.1, 0.15) is 35.2 Å². The molecule has 0 unspecified atom stereocenters. The molecule has 3 aromatic rings. The number of nitrogen functional groups attached to an aromatic ring is 1. The number of rotatable bonds is 9. The summed E-state index contributed by atoms with van der Waals surface area (Å²) in [4.78, 5) is 16.7. The van der Waals surface area contributed by atoms with Crippen molar-refractivity contribution >= 4 is 29.4 Å². The van der Waals surface area contributed by atoms with E-state index in [2.05, 4.69) is 41.6 Å². The molecule has 11 heteroatoms. The third-order valence-corrected chi connectivity index (χ3v) is 5.89. The van der Waals surface area contributed by atoms with E-state index in [1.54, 1.807) is 13.3 Å². The highest BCUT2D eigenvalue weighted by atomic mass is 32.2. The SMILES string of the molecule is COCC[n+]1cc(NC(=O)CSc2nc(N)c(C#N)c(-c3ccc(C(C)C)cc3)c2C#N)on1. The zero-order valence-corrected chi connectivity index (χ0v) is 19.8. The van der Waals surface area contributed by atoms with E-state index in [9.17, 15) is 15.3 Å². The first-order valence-electron chi connectivity index (χ1n) is 10.4. The first kappa shape index (κ1) is 24.7. The molecule has 3 N–H and O–H groups in total. The van der Waals surface area contributed by atoms with Crippen LogP contribution in [0, 0.1) is 22.7 Å². The van der Waals surface area contributed by atoms with Gasteiger partial charge in [0, 0.05) is 12.7 Å². The molecule has 0 bridgehead atoms. The van der Waals surface area contributed by atoms with Crippen LogP contribution in [0.15, 0.2) is 40.0 Å². The van der Waals surface area contributed by atoms with E-state index in [1.165, 1.54) is 4.68 Å². The number of methoxy groups -OCH3 is 1. The quantitative estimate of drug-likeness (QED) is 0.349. The molecule has 1 aromatic carbocycles. The van der Waals surface area contributed by atoms with Gasteiger partial charge in [-0.25, -0.2) is 4.98 Å². The third-order valence-electron chi connectivity index (χ3n) is 4.92. The minimum absolute atomic E-state index is 0.00163. The summed E-state index contributed by atoms with van der Waals surface area (Å²) in [7, 11) is 1.58. The number of nitrogens with one attached hydrogen (secondary N) is 1. The molecule has 1 amide bonds. The molecule has 2 aromatic heterocycles. The number of aromatic nitrogens is 3. The van der Waals surface area contributed by atoms with E-state index in [0.29, 0.717) is 30.2 Å². The first-order valence-corrected chi connectivity index (χ1v) is 11.4. The molecule has 10 nitrogen and oxygen atoms in total. The van der Waals surface area contributed by atoms with Gasteiger partial charge in [0.05, 0.1) is 11.3 Å². The molecule has 0 fully saturated rings. The van der Waals surface area contributed by atoms with E-state index in [1.807, 2.05) is 24.3 Å². The predicted molar refractivity (Wildman–Crippen MR) is 126 cm³/mol. The molecule has 0 aliphatic heterocycles. The average molecular weight is 479 g/mol. The van der Waals surface area contributed by atoms with Gasteiger partial charge >= 0.3 is 5.88 Å². The Hall–Kier alpha value is -3.93. The summed E-state index contributed by atoms with van der Waals surface area (Å²) >= 11 is 1.05. The largest absolute Gasteiger partial charge is 0.383 e. The smallest absolute Gasteiger partial charge is 0.302 e. The maximum Gasteiger partial charge on any atom is 0.302 e. The van der Waals surface area contributed by atoms with Crippen LogP contribution in [0.5, 0.6) is 0 Å². The number of carbonyl (C=O) groups excluding carboxylic acids is 1. The summed E-state index contributed by atoms with van der Waals surface area (Å²) in [5, 5.41) is 26.2. The molecule has 34 heavy (non-hydrogen) atoms. The molecule has 0 radical (unpaired) electrons. The maximum absolute atomic E-state index is 12.4. The molecule has 174 valence electrons. The van der Waals surface area contributed by atoms with Crippen LogP contribution in [-0.4, -0.2) is 35.6 Å². The molecular formula is C23H24N7O3S+. The zero-order valence-electron chi connectivity index (χ0n) is 19.0. The van der Waals surface area contributed by atoms with Gasteiger partial charge in [-0.1, -0.05) is 49.9 Å². The number of carbonyl (C=O) groups is 1. The Morgan fingerprint density at radius 2 is 1.97 bits per heavy atom. The van der Waals surface area contributed by atoms with Crippen LogP contribution in [0.2, 0.25) is 0 Å². The highest BCUT2D eigenvalue weighted by Gasteiger charge is 2.22. The minimum atomic E-state index is -0.378. The second-order valence-corrected chi connectivity index (χ2v) is 8.55. The Morgan fingerprint density at radius 3 is 2.59 bits per heavy atom. The number of anilines is 2. The molecule has 0 spiro atoms. The van der Waals surface area contributed by atoms with Crippen molar-refractivity contribution in [2.45, 2.75) is 31.3 Å². The summed E-state index contributed by atoms with van der Waals surface area (Å²) in [6.07, 6.45) is 1.54. The van der Waals surface area contributed by atoms with Crippen molar-refractivity contribution in [2.24, 2.45) is 0 Å². The number of hydrogen-bond donors (Lipinski definition) is 2. The number of hydrogen-bond acceptors (Lipinski definition) is 9. The molecule has 3 rings (SSSR count). The van der Waals surface area contributed by atoms with Crippen LogP contribution in [0.4, 0.5) is 11.7 Å². The number of nitrogens with zero attached hydrogens (tertiary/aromatic N) is 5. The van der Waals surface area contributed by atoms with Crippen LogP contribution in [0.25, 0.3) is 11.1 Å². The lowest BCUT2D eigenvalue weighted by molar-refractivity contribution is -0.763. The fourth-order valence-corrected chi connectivity index (χ4v) is 3.95. The number of benzene rings is 1. The maximum atomic E-state index is 12.4. The van der Waals surface area contributed by atoms with Gasteiger partial charge in [-0.3, -0.25) is 14.6 Å². The lowest BCUT2D eigenvalue weighted by Crippen LogP contribution is -2.36.